The van der Waals surface area contributed by atoms with Crippen LogP contribution in [0.15, 0.2) is 0 Å². The van der Waals surface area contributed by atoms with E-state index in [0.29, 0.717) is 5.92 Å². The summed E-state index contributed by atoms with van der Waals surface area (Å²) in [6.45, 7) is 2.02. The van der Waals surface area contributed by atoms with Gasteiger partial charge in [0, 0.05) is 6.54 Å². The zero-order chi connectivity index (χ0) is 7.14. The van der Waals surface area contributed by atoms with Crippen LogP contribution < -0.4 is 0 Å². The molecule has 0 amide bonds. The van der Waals surface area contributed by atoms with E-state index in [4.69, 9.17) is 5.11 Å². The second kappa shape index (κ2) is 1.95. The van der Waals surface area contributed by atoms with Crippen LogP contribution in [0.4, 0.5) is 0 Å². The molecule has 0 aliphatic carbocycles. The first-order valence-electron chi connectivity index (χ1n) is 3.76. The zero-order valence-electron chi connectivity index (χ0n) is 5.79. The molecule has 0 saturated carbocycles. The normalized spacial score (nSPS) is 44.2. The van der Waals surface area contributed by atoms with Crippen LogP contribution in [-0.2, 0) is 4.79 Å². The number of hydrogen-bond acceptors (Lipinski definition) is 2. The Bertz CT molecular complexity index is 155. The molecule has 3 rings (SSSR count). The number of carboxylic acids is 1. The standard InChI is InChI=1S/C7H11NO2/c9-7(10)6-5-2-1-3-8(6)4-5/h5-6H,1-4H2,(H,9,10). The minimum absolute atomic E-state index is 0.131. The summed E-state index contributed by atoms with van der Waals surface area (Å²) < 4.78 is 0. The lowest BCUT2D eigenvalue weighted by atomic mass is 9.80. The van der Waals surface area contributed by atoms with Crippen molar-refractivity contribution in [3.8, 4) is 0 Å². The Balaban J connectivity index is 2.06. The Morgan fingerprint density at radius 2 is 2.40 bits per heavy atom. The van der Waals surface area contributed by atoms with Gasteiger partial charge in [-0.15, -0.1) is 0 Å². The number of hydrogen-bond donors (Lipinski definition) is 1. The number of piperidine rings is 2. The van der Waals surface area contributed by atoms with Gasteiger partial charge < -0.3 is 5.11 Å². The van der Waals surface area contributed by atoms with E-state index in [-0.39, 0.29) is 6.04 Å². The van der Waals surface area contributed by atoms with Crippen molar-refractivity contribution >= 4 is 5.97 Å². The molecule has 3 aliphatic rings. The molecule has 10 heavy (non-hydrogen) atoms. The number of carboxylic acid groups (broad SMARTS) is 1. The monoisotopic (exact) mass is 141 g/mol. The molecule has 3 heterocycles. The van der Waals surface area contributed by atoms with Crippen molar-refractivity contribution in [2.75, 3.05) is 13.1 Å². The third kappa shape index (κ3) is 0.669. The smallest absolute Gasteiger partial charge is 0.321 e. The number of carbonyl (C=O) groups is 1. The van der Waals surface area contributed by atoms with Crippen molar-refractivity contribution in [1.82, 2.24) is 4.90 Å². The Labute approximate surface area is 59.6 Å². The van der Waals surface area contributed by atoms with E-state index in [1.54, 1.807) is 0 Å². The van der Waals surface area contributed by atoms with Crippen LogP contribution in [0.5, 0.6) is 0 Å². The van der Waals surface area contributed by atoms with Crippen molar-refractivity contribution < 1.29 is 9.90 Å². The summed E-state index contributed by atoms with van der Waals surface area (Å²) in [6.07, 6.45) is 2.31. The molecular formula is C7H11NO2. The number of rotatable bonds is 1. The maximum atomic E-state index is 10.6. The topological polar surface area (TPSA) is 40.5 Å². The minimum Gasteiger partial charge on any atom is -0.480 e. The quantitative estimate of drug-likeness (QED) is 0.565. The summed E-state index contributed by atoms with van der Waals surface area (Å²) >= 11 is 0. The Hall–Kier alpha value is -0.570. The molecule has 3 fully saturated rings. The van der Waals surface area contributed by atoms with Crippen molar-refractivity contribution in [3.63, 3.8) is 0 Å². The van der Waals surface area contributed by atoms with Crippen molar-refractivity contribution in [2.45, 2.75) is 18.9 Å². The van der Waals surface area contributed by atoms with Gasteiger partial charge in [-0.05, 0) is 25.3 Å². The average molecular weight is 141 g/mol. The average Bonchev–Trinajstić information content (AvgIpc) is 1.87. The first-order chi connectivity index (χ1) is 4.79. The number of aliphatic carboxylic acids is 1. The Morgan fingerprint density at radius 1 is 1.60 bits per heavy atom. The predicted octanol–water partition coefficient (Wildman–Crippen LogP) is 0.165. The van der Waals surface area contributed by atoms with Crippen molar-refractivity contribution in [1.29, 1.82) is 0 Å². The van der Waals surface area contributed by atoms with Crippen LogP contribution in [0, 0.1) is 5.92 Å². The lowest BCUT2D eigenvalue weighted by Gasteiger charge is -2.50. The van der Waals surface area contributed by atoms with E-state index in [2.05, 4.69) is 4.90 Å². The third-order valence-electron chi connectivity index (χ3n) is 2.58. The van der Waals surface area contributed by atoms with Gasteiger partial charge in [0.15, 0.2) is 0 Å². The van der Waals surface area contributed by atoms with Gasteiger partial charge in [0.2, 0.25) is 0 Å². The maximum Gasteiger partial charge on any atom is 0.321 e. The lowest BCUT2D eigenvalue weighted by molar-refractivity contribution is -0.157. The van der Waals surface area contributed by atoms with E-state index in [1.807, 2.05) is 0 Å². The minimum atomic E-state index is -0.629. The first-order valence-corrected chi connectivity index (χ1v) is 3.76. The van der Waals surface area contributed by atoms with Crippen molar-refractivity contribution in [2.24, 2.45) is 5.92 Å². The highest BCUT2D eigenvalue weighted by Crippen LogP contribution is 2.33. The molecular weight excluding hydrogens is 130 g/mol. The molecule has 3 unspecified atom stereocenters. The van der Waals surface area contributed by atoms with Gasteiger partial charge in [-0.1, -0.05) is 0 Å². The van der Waals surface area contributed by atoms with Crippen LogP contribution in [0.3, 0.4) is 0 Å². The highest BCUT2D eigenvalue weighted by Gasteiger charge is 2.45. The van der Waals surface area contributed by atoms with E-state index in [0.717, 1.165) is 19.5 Å². The second-order valence-electron chi connectivity index (χ2n) is 3.18. The summed E-state index contributed by atoms with van der Waals surface area (Å²) in [5.74, 6) is -0.165. The Morgan fingerprint density at radius 3 is 2.70 bits per heavy atom. The van der Waals surface area contributed by atoms with Gasteiger partial charge in [-0.2, -0.15) is 0 Å². The molecule has 3 heteroatoms. The Kier molecular flexibility index (Phi) is 1.20. The molecule has 0 spiro atoms. The molecule has 2 bridgehead atoms. The molecule has 3 aliphatic heterocycles. The number of fused-ring (bicyclic) bond motifs is 2. The molecule has 3 saturated heterocycles. The predicted molar refractivity (Wildman–Crippen MR) is 35.7 cm³/mol. The van der Waals surface area contributed by atoms with E-state index < -0.39 is 5.97 Å². The van der Waals surface area contributed by atoms with E-state index in [9.17, 15) is 4.79 Å². The van der Waals surface area contributed by atoms with Gasteiger partial charge in [0.25, 0.3) is 0 Å². The zero-order valence-corrected chi connectivity index (χ0v) is 5.79. The maximum absolute atomic E-state index is 10.6. The SMILES string of the molecule is O=C(O)C1C2CCCN1C2. The van der Waals surface area contributed by atoms with Gasteiger partial charge in [-0.3, -0.25) is 9.69 Å². The van der Waals surface area contributed by atoms with Gasteiger partial charge in [0.1, 0.15) is 6.04 Å². The van der Waals surface area contributed by atoms with Crippen LogP contribution in [0.1, 0.15) is 12.8 Å². The second-order valence-corrected chi connectivity index (χ2v) is 3.18. The fourth-order valence-corrected chi connectivity index (χ4v) is 2.07. The van der Waals surface area contributed by atoms with E-state index >= 15 is 0 Å². The molecule has 0 radical (unpaired) electrons. The van der Waals surface area contributed by atoms with Gasteiger partial charge >= 0.3 is 5.97 Å². The fourth-order valence-electron chi connectivity index (χ4n) is 2.07. The molecule has 1 N–H and O–H groups in total. The van der Waals surface area contributed by atoms with Gasteiger partial charge in [0.05, 0.1) is 0 Å². The summed E-state index contributed by atoms with van der Waals surface area (Å²) in [5, 5.41) is 8.70. The van der Waals surface area contributed by atoms with Crippen LogP contribution in [0.2, 0.25) is 0 Å². The van der Waals surface area contributed by atoms with Crippen molar-refractivity contribution in [3.05, 3.63) is 0 Å². The van der Waals surface area contributed by atoms with Crippen LogP contribution in [0.25, 0.3) is 0 Å². The summed E-state index contributed by atoms with van der Waals surface area (Å²) in [7, 11) is 0. The third-order valence-corrected chi connectivity index (χ3v) is 2.58. The number of nitrogens with zero attached hydrogens (tertiary/aromatic N) is 1. The molecule has 3 atom stereocenters. The lowest BCUT2D eigenvalue weighted by Crippen LogP contribution is -2.63. The molecule has 3 nitrogen and oxygen atoms in total. The van der Waals surface area contributed by atoms with E-state index in [1.165, 1.54) is 6.42 Å². The van der Waals surface area contributed by atoms with Gasteiger partial charge in [-0.25, -0.2) is 0 Å². The van der Waals surface area contributed by atoms with Crippen LogP contribution in [-0.4, -0.2) is 35.1 Å². The highest BCUT2D eigenvalue weighted by atomic mass is 16.4. The first kappa shape index (κ1) is 6.16. The molecule has 0 aromatic rings. The molecule has 56 valence electrons. The van der Waals surface area contributed by atoms with Crippen LogP contribution >= 0.6 is 0 Å². The highest BCUT2D eigenvalue weighted by molar-refractivity contribution is 5.75. The molecule has 0 aromatic heterocycles. The largest absolute Gasteiger partial charge is 0.480 e. The fraction of sp³-hybridized carbons (Fsp3) is 0.857. The summed E-state index contributed by atoms with van der Waals surface area (Å²) in [6, 6.07) is -0.131. The molecule has 0 aromatic carbocycles. The summed E-state index contributed by atoms with van der Waals surface area (Å²) in [5.41, 5.74) is 0. The summed E-state index contributed by atoms with van der Waals surface area (Å²) in [4.78, 5) is 12.6.